The number of piperazine rings is 3. The van der Waals surface area contributed by atoms with Gasteiger partial charge in [0.25, 0.3) is 5.91 Å². The fraction of sp³-hybridized carbons (Fsp3) is 0.533. The molecule has 1 atom stereocenters. The molecule has 20 heavy (non-hydrogen) atoms. The first-order valence-electron chi connectivity index (χ1n) is 7.24. The van der Waals surface area contributed by atoms with Crippen LogP contribution in [0.5, 0.6) is 0 Å². The Hall–Kier alpha value is -0.910. The van der Waals surface area contributed by atoms with Crippen molar-refractivity contribution in [2.75, 3.05) is 44.6 Å². The maximum atomic E-state index is 12.5. The standard InChI is InChI=1S/C15H20BrN3O/c1-12(19-9-6-18(7-10-19)8-11-19)15(20)17-14-4-2-13(16)3-5-14/h2-5,12H,6-11H2,1H3/p+1/t12-/m0/s1. The Labute approximate surface area is 128 Å². The van der Waals surface area contributed by atoms with Crippen molar-refractivity contribution in [3.8, 4) is 0 Å². The zero-order valence-electron chi connectivity index (χ0n) is 11.8. The summed E-state index contributed by atoms with van der Waals surface area (Å²) in [7, 11) is 0. The molecule has 0 aromatic heterocycles. The number of nitrogens with one attached hydrogen (secondary N) is 1. The second-order valence-electron chi connectivity index (χ2n) is 5.90. The van der Waals surface area contributed by atoms with Gasteiger partial charge in [0.05, 0.1) is 19.6 Å². The lowest BCUT2D eigenvalue weighted by atomic mass is 10.1. The van der Waals surface area contributed by atoms with Gasteiger partial charge in [0, 0.05) is 29.8 Å². The Morgan fingerprint density at radius 2 is 1.75 bits per heavy atom. The lowest BCUT2D eigenvalue weighted by molar-refractivity contribution is -0.953. The molecule has 0 aliphatic carbocycles. The van der Waals surface area contributed by atoms with Crippen LogP contribution in [0, 0.1) is 0 Å². The minimum Gasteiger partial charge on any atom is -0.321 e. The predicted octanol–water partition coefficient (Wildman–Crippen LogP) is 1.92. The Morgan fingerprint density at radius 3 is 2.30 bits per heavy atom. The number of quaternary nitrogens is 1. The molecular weight excluding hydrogens is 318 g/mol. The number of fused-ring (bicyclic) bond motifs is 3. The van der Waals surface area contributed by atoms with E-state index in [2.05, 4.69) is 33.1 Å². The number of rotatable bonds is 3. The van der Waals surface area contributed by atoms with Crippen LogP contribution < -0.4 is 5.32 Å². The Bertz CT molecular complexity index is 481. The topological polar surface area (TPSA) is 32.3 Å². The average Bonchev–Trinajstić information content (AvgIpc) is 2.50. The second kappa shape index (κ2) is 5.47. The number of amides is 1. The molecule has 3 saturated heterocycles. The van der Waals surface area contributed by atoms with Gasteiger partial charge in [-0.05, 0) is 31.2 Å². The average molecular weight is 339 g/mol. The number of anilines is 1. The summed E-state index contributed by atoms with van der Waals surface area (Å²) in [4.78, 5) is 15.0. The van der Waals surface area contributed by atoms with Gasteiger partial charge in [-0.3, -0.25) is 9.69 Å². The second-order valence-corrected chi connectivity index (χ2v) is 6.82. The third kappa shape index (κ3) is 2.62. The fourth-order valence-electron chi connectivity index (χ4n) is 3.30. The minimum atomic E-state index is 0.0288. The number of carbonyl (C=O) groups excluding carboxylic acids is 1. The summed E-state index contributed by atoms with van der Waals surface area (Å²) in [5.74, 6) is 0.141. The number of benzene rings is 1. The molecule has 108 valence electrons. The van der Waals surface area contributed by atoms with Crippen LogP contribution in [-0.2, 0) is 4.79 Å². The third-order valence-corrected chi connectivity index (χ3v) is 5.43. The number of hydrogen-bond acceptors (Lipinski definition) is 2. The normalized spacial score (nSPS) is 30.0. The van der Waals surface area contributed by atoms with Gasteiger partial charge in [-0.25, -0.2) is 0 Å². The summed E-state index contributed by atoms with van der Waals surface area (Å²) in [6.45, 7) is 8.80. The summed E-state index contributed by atoms with van der Waals surface area (Å²) in [6, 6.07) is 7.80. The van der Waals surface area contributed by atoms with E-state index in [0.29, 0.717) is 0 Å². The van der Waals surface area contributed by atoms with Crippen molar-refractivity contribution in [1.82, 2.24) is 4.90 Å². The van der Waals surface area contributed by atoms with E-state index in [0.717, 1.165) is 53.9 Å². The molecule has 2 bridgehead atoms. The molecular formula is C15H21BrN3O+. The SMILES string of the molecule is C[C@@H](C(=O)Nc1ccc(Br)cc1)[N+]12CCN(CC1)CC2. The molecule has 3 aliphatic rings. The first-order chi connectivity index (χ1) is 9.59. The lowest BCUT2D eigenvalue weighted by Gasteiger charge is -2.52. The maximum Gasteiger partial charge on any atom is 0.282 e. The molecule has 5 heteroatoms. The minimum absolute atomic E-state index is 0.0288. The molecule has 0 saturated carbocycles. The van der Waals surface area contributed by atoms with E-state index in [1.54, 1.807) is 0 Å². The van der Waals surface area contributed by atoms with E-state index >= 15 is 0 Å². The molecule has 0 unspecified atom stereocenters. The number of carbonyl (C=O) groups is 1. The number of hydrogen-bond donors (Lipinski definition) is 1. The zero-order chi connectivity index (χ0) is 14.2. The van der Waals surface area contributed by atoms with E-state index in [1.165, 1.54) is 0 Å². The van der Waals surface area contributed by atoms with Crippen LogP contribution >= 0.6 is 15.9 Å². The predicted molar refractivity (Wildman–Crippen MR) is 83.5 cm³/mol. The van der Waals surface area contributed by atoms with E-state index in [1.807, 2.05) is 24.3 Å². The Balaban J connectivity index is 1.68. The highest BCUT2D eigenvalue weighted by Crippen LogP contribution is 2.24. The van der Waals surface area contributed by atoms with Gasteiger partial charge in [0.1, 0.15) is 0 Å². The van der Waals surface area contributed by atoms with Crippen molar-refractivity contribution < 1.29 is 9.28 Å². The largest absolute Gasteiger partial charge is 0.321 e. The van der Waals surface area contributed by atoms with Gasteiger partial charge in [-0.15, -0.1) is 0 Å². The zero-order valence-corrected chi connectivity index (χ0v) is 13.4. The van der Waals surface area contributed by atoms with Gasteiger partial charge in [0.15, 0.2) is 6.04 Å². The fourth-order valence-corrected chi connectivity index (χ4v) is 3.57. The molecule has 3 fully saturated rings. The summed E-state index contributed by atoms with van der Waals surface area (Å²) in [5, 5.41) is 3.05. The Kier molecular flexibility index (Phi) is 3.84. The first kappa shape index (κ1) is 14.0. The van der Waals surface area contributed by atoms with Crippen LogP contribution in [0.15, 0.2) is 28.7 Å². The van der Waals surface area contributed by atoms with Crippen molar-refractivity contribution in [1.29, 1.82) is 0 Å². The van der Waals surface area contributed by atoms with Crippen molar-refractivity contribution in [3.05, 3.63) is 28.7 Å². The molecule has 3 aliphatic heterocycles. The van der Waals surface area contributed by atoms with Gasteiger partial charge >= 0.3 is 0 Å². The summed E-state index contributed by atoms with van der Waals surface area (Å²) < 4.78 is 1.98. The van der Waals surface area contributed by atoms with Crippen molar-refractivity contribution in [3.63, 3.8) is 0 Å². The molecule has 1 N–H and O–H groups in total. The van der Waals surface area contributed by atoms with Crippen LogP contribution in [0.1, 0.15) is 6.92 Å². The van der Waals surface area contributed by atoms with E-state index in [4.69, 9.17) is 0 Å². The molecule has 3 heterocycles. The van der Waals surface area contributed by atoms with Crippen LogP contribution in [0.3, 0.4) is 0 Å². The summed E-state index contributed by atoms with van der Waals surface area (Å²) in [5.41, 5.74) is 0.874. The van der Waals surface area contributed by atoms with Crippen LogP contribution in [0.2, 0.25) is 0 Å². The summed E-state index contributed by atoms with van der Waals surface area (Å²) >= 11 is 3.41. The van der Waals surface area contributed by atoms with Gasteiger partial charge in [-0.1, -0.05) is 15.9 Å². The molecule has 4 nitrogen and oxygen atoms in total. The third-order valence-electron chi connectivity index (χ3n) is 4.90. The lowest BCUT2D eigenvalue weighted by Crippen LogP contribution is -2.72. The summed E-state index contributed by atoms with van der Waals surface area (Å²) in [6.07, 6.45) is 0. The van der Waals surface area contributed by atoms with Crippen molar-refractivity contribution in [2.24, 2.45) is 0 Å². The van der Waals surface area contributed by atoms with Gasteiger partial charge < -0.3 is 9.80 Å². The van der Waals surface area contributed by atoms with Crippen molar-refractivity contribution >= 4 is 27.5 Å². The van der Waals surface area contributed by atoms with E-state index in [-0.39, 0.29) is 11.9 Å². The molecule has 0 radical (unpaired) electrons. The van der Waals surface area contributed by atoms with Crippen molar-refractivity contribution in [2.45, 2.75) is 13.0 Å². The van der Waals surface area contributed by atoms with Crippen LogP contribution in [0.4, 0.5) is 5.69 Å². The van der Waals surface area contributed by atoms with Crippen LogP contribution in [0.25, 0.3) is 0 Å². The molecule has 4 rings (SSSR count). The highest BCUT2D eigenvalue weighted by Gasteiger charge is 2.45. The highest BCUT2D eigenvalue weighted by atomic mass is 79.9. The van der Waals surface area contributed by atoms with E-state index < -0.39 is 0 Å². The van der Waals surface area contributed by atoms with E-state index in [9.17, 15) is 4.79 Å². The maximum absolute atomic E-state index is 12.5. The van der Waals surface area contributed by atoms with Gasteiger partial charge in [-0.2, -0.15) is 0 Å². The Morgan fingerprint density at radius 1 is 1.20 bits per heavy atom. The molecule has 1 aromatic carbocycles. The smallest absolute Gasteiger partial charge is 0.282 e. The monoisotopic (exact) mass is 338 g/mol. The molecule has 1 aromatic rings. The molecule has 1 amide bonds. The number of nitrogens with zero attached hydrogens (tertiary/aromatic N) is 2. The number of halogens is 1. The van der Waals surface area contributed by atoms with Crippen LogP contribution in [-0.4, -0.2) is 60.6 Å². The molecule has 0 spiro atoms. The van der Waals surface area contributed by atoms with Gasteiger partial charge in [0.2, 0.25) is 0 Å². The first-order valence-corrected chi connectivity index (χ1v) is 8.03. The highest BCUT2D eigenvalue weighted by molar-refractivity contribution is 9.10. The quantitative estimate of drug-likeness (QED) is 0.854.